The van der Waals surface area contributed by atoms with Gasteiger partial charge in [-0.25, -0.2) is 4.79 Å². The molecule has 2 atom stereocenters. The largest absolute Gasteiger partial charge is 0.444 e. The van der Waals surface area contributed by atoms with Gasteiger partial charge in [0, 0.05) is 12.1 Å². The van der Waals surface area contributed by atoms with E-state index in [1.165, 1.54) is 0 Å². The number of likely N-dealkylation sites (tertiary alicyclic amines) is 1. The molecule has 98 valence electrons. The highest BCUT2D eigenvalue weighted by Crippen LogP contribution is 2.43. The molecule has 4 heteroatoms. The third kappa shape index (κ3) is 2.57. The third-order valence-electron chi connectivity index (χ3n) is 3.77. The molecule has 2 unspecified atom stereocenters. The van der Waals surface area contributed by atoms with Gasteiger partial charge in [-0.15, -0.1) is 0 Å². The molecule has 1 aliphatic carbocycles. The Bertz CT molecular complexity index is 310. The minimum atomic E-state index is -0.446. The van der Waals surface area contributed by atoms with Crippen LogP contribution in [0.4, 0.5) is 4.79 Å². The van der Waals surface area contributed by atoms with Gasteiger partial charge in [0.25, 0.3) is 0 Å². The lowest BCUT2D eigenvalue weighted by atomic mass is 9.94. The lowest BCUT2D eigenvalue weighted by Crippen LogP contribution is -2.47. The molecular weight excluding hydrogens is 218 g/mol. The van der Waals surface area contributed by atoms with Crippen molar-refractivity contribution in [1.82, 2.24) is 4.90 Å². The van der Waals surface area contributed by atoms with Crippen LogP contribution in [0.15, 0.2) is 0 Å². The van der Waals surface area contributed by atoms with E-state index in [0.29, 0.717) is 6.42 Å². The fourth-order valence-corrected chi connectivity index (χ4v) is 3.09. The third-order valence-corrected chi connectivity index (χ3v) is 3.77. The first-order valence-electron chi connectivity index (χ1n) is 6.51. The summed E-state index contributed by atoms with van der Waals surface area (Å²) in [7, 11) is 0. The molecule has 1 heterocycles. The van der Waals surface area contributed by atoms with Crippen LogP contribution in [0.25, 0.3) is 0 Å². The number of aliphatic hydroxyl groups excluding tert-OH is 1. The van der Waals surface area contributed by atoms with Crippen molar-refractivity contribution in [1.29, 1.82) is 0 Å². The summed E-state index contributed by atoms with van der Waals surface area (Å²) in [6.07, 6.45) is 3.98. The number of hydrogen-bond donors (Lipinski definition) is 1. The molecule has 2 fully saturated rings. The number of amides is 1. The zero-order chi connectivity index (χ0) is 12.7. The Kier molecular flexibility index (Phi) is 3.10. The Balaban J connectivity index is 2.07. The molecule has 17 heavy (non-hydrogen) atoms. The maximum absolute atomic E-state index is 12.2. The quantitative estimate of drug-likeness (QED) is 0.708. The van der Waals surface area contributed by atoms with Crippen LogP contribution in [0.3, 0.4) is 0 Å². The molecule has 1 saturated heterocycles. The van der Waals surface area contributed by atoms with Crippen LogP contribution in [0, 0.1) is 0 Å². The molecule has 0 aromatic rings. The molecule has 2 aliphatic rings. The number of carbonyl (C=O) groups excluding carboxylic acids is 1. The zero-order valence-electron chi connectivity index (χ0n) is 11.0. The van der Waals surface area contributed by atoms with E-state index < -0.39 is 5.60 Å². The first-order chi connectivity index (χ1) is 7.82. The molecule has 0 aromatic carbocycles. The minimum absolute atomic E-state index is 0.123. The number of aliphatic hydroxyl groups is 1. The Labute approximate surface area is 103 Å². The van der Waals surface area contributed by atoms with Crippen LogP contribution in [0.1, 0.15) is 52.9 Å². The number of rotatable bonds is 0. The second-order valence-electron chi connectivity index (χ2n) is 6.36. The van der Waals surface area contributed by atoms with E-state index in [9.17, 15) is 9.90 Å². The maximum Gasteiger partial charge on any atom is 0.410 e. The lowest BCUT2D eigenvalue weighted by Gasteiger charge is -2.36. The number of nitrogens with zero attached hydrogens (tertiary/aromatic N) is 1. The molecule has 0 bridgehead atoms. The zero-order valence-corrected chi connectivity index (χ0v) is 11.0. The van der Waals surface area contributed by atoms with E-state index in [-0.39, 0.29) is 17.7 Å². The van der Waals surface area contributed by atoms with Gasteiger partial charge in [-0.2, -0.15) is 0 Å². The highest BCUT2D eigenvalue weighted by atomic mass is 16.6. The van der Waals surface area contributed by atoms with E-state index in [1.807, 2.05) is 25.7 Å². The summed E-state index contributed by atoms with van der Waals surface area (Å²) in [4.78, 5) is 14.0. The van der Waals surface area contributed by atoms with Gasteiger partial charge in [-0.3, -0.25) is 0 Å². The predicted octanol–water partition coefficient (Wildman–Crippen LogP) is 2.30. The monoisotopic (exact) mass is 241 g/mol. The summed E-state index contributed by atoms with van der Waals surface area (Å²) in [6.45, 7) is 6.42. The maximum atomic E-state index is 12.2. The highest BCUT2D eigenvalue weighted by Gasteiger charge is 2.49. The van der Waals surface area contributed by atoms with Crippen molar-refractivity contribution in [3.8, 4) is 0 Å². The van der Waals surface area contributed by atoms with Crippen molar-refractivity contribution in [3.63, 3.8) is 0 Å². The second kappa shape index (κ2) is 4.16. The van der Waals surface area contributed by atoms with E-state index in [2.05, 4.69) is 0 Å². The molecule has 1 spiro atoms. The van der Waals surface area contributed by atoms with E-state index in [4.69, 9.17) is 4.74 Å². The van der Waals surface area contributed by atoms with Crippen LogP contribution >= 0.6 is 0 Å². The summed E-state index contributed by atoms with van der Waals surface area (Å²) in [5.41, 5.74) is -0.570. The summed E-state index contributed by atoms with van der Waals surface area (Å²) in [6, 6.07) is 0. The van der Waals surface area contributed by atoms with Crippen LogP contribution in [-0.4, -0.2) is 39.9 Å². The molecule has 4 nitrogen and oxygen atoms in total. The molecule has 1 N–H and O–H groups in total. The standard InChI is InChI=1S/C13H23NO3/c1-12(2,3)17-11(16)14-8-4-6-13(14)7-5-10(15)9-13/h10,15H,4-9H2,1-3H3. The summed E-state index contributed by atoms with van der Waals surface area (Å²) >= 11 is 0. The Morgan fingerprint density at radius 3 is 2.65 bits per heavy atom. The van der Waals surface area contributed by atoms with Gasteiger partial charge >= 0.3 is 6.09 Å². The molecular formula is C13H23NO3. The number of carbonyl (C=O) groups is 1. The van der Waals surface area contributed by atoms with Crippen LogP contribution in [0.2, 0.25) is 0 Å². The summed E-state index contributed by atoms with van der Waals surface area (Å²) in [5, 5.41) is 9.71. The van der Waals surface area contributed by atoms with Gasteiger partial charge < -0.3 is 14.7 Å². The Morgan fingerprint density at radius 1 is 1.41 bits per heavy atom. The Morgan fingerprint density at radius 2 is 2.12 bits per heavy atom. The second-order valence-corrected chi connectivity index (χ2v) is 6.36. The molecule has 2 rings (SSSR count). The topological polar surface area (TPSA) is 49.8 Å². The van der Waals surface area contributed by atoms with Gasteiger partial charge in [-0.1, -0.05) is 0 Å². The molecule has 0 radical (unpaired) electrons. The summed E-state index contributed by atoms with van der Waals surface area (Å²) < 4.78 is 5.45. The van der Waals surface area contributed by atoms with Crippen molar-refractivity contribution in [2.75, 3.05) is 6.54 Å². The van der Waals surface area contributed by atoms with Gasteiger partial charge in [-0.05, 0) is 52.9 Å². The van der Waals surface area contributed by atoms with E-state index >= 15 is 0 Å². The fourth-order valence-electron chi connectivity index (χ4n) is 3.09. The van der Waals surface area contributed by atoms with Gasteiger partial charge in [0.15, 0.2) is 0 Å². The SMILES string of the molecule is CC(C)(C)OC(=O)N1CCCC12CCC(O)C2. The lowest BCUT2D eigenvalue weighted by molar-refractivity contribution is 0.00677. The molecule has 1 amide bonds. The van der Waals surface area contributed by atoms with Crippen molar-refractivity contribution >= 4 is 6.09 Å². The highest BCUT2D eigenvalue weighted by molar-refractivity contribution is 5.69. The normalized spacial score (nSPS) is 33.4. The van der Waals surface area contributed by atoms with Crippen molar-refractivity contribution in [2.45, 2.75) is 70.1 Å². The van der Waals surface area contributed by atoms with E-state index in [1.54, 1.807) is 0 Å². The average Bonchev–Trinajstić information content (AvgIpc) is 2.72. The molecule has 1 aliphatic heterocycles. The van der Waals surface area contributed by atoms with Crippen molar-refractivity contribution in [2.24, 2.45) is 0 Å². The van der Waals surface area contributed by atoms with Crippen LogP contribution in [0.5, 0.6) is 0 Å². The van der Waals surface area contributed by atoms with Crippen molar-refractivity contribution in [3.05, 3.63) is 0 Å². The minimum Gasteiger partial charge on any atom is -0.444 e. The van der Waals surface area contributed by atoms with Gasteiger partial charge in [0.05, 0.1) is 6.10 Å². The van der Waals surface area contributed by atoms with Crippen molar-refractivity contribution < 1.29 is 14.6 Å². The summed E-state index contributed by atoms with van der Waals surface area (Å²) in [5.74, 6) is 0. The smallest absolute Gasteiger partial charge is 0.410 e. The van der Waals surface area contributed by atoms with E-state index in [0.717, 1.165) is 32.2 Å². The average molecular weight is 241 g/mol. The van der Waals surface area contributed by atoms with Gasteiger partial charge in [0.1, 0.15) is 5.60 Å². The number of ether oxygens (including phenoxy) is 1. The van der Waals surface area contributed by atoms with Crippen LogP contribution in [-0.2, 0) is 4.74 Å². The number of hydrogen-bond acceptors (Lipinski definition) is 3. The predicted molar refractivity (Wildman–Crippen MR) is 64.8 cm³/mol. The first-order valence-corrected chi connectivity index (χ1v) is 6.51. The fraction of sp³-hybridized carbons (Fsp3) is 0.923. The molecule has 0 aromatic heterocycles. The Hall–Kier alpha value is -0.770. The first kappa shape index (κ1) is 12.7. The van der Waals surface area contributed by atoms with Gasteiger partial charge in [0.2, 0.25) is 0 Å². The molecule has 1 saturated carbocycles. The van der Waals surface area contributed by atoms with Crippen LogP contribution < -0.4 is 0 Å².